The smallest absolute Gasteiger partial charge is 0.120 e. The fourth-order valence-corrected chi connectivity index (χ4v) is 1.29. The first-order valence-corrected chi connectivity index (χ1v) is 4.39. The van der Waals surface area contributed by atoms with Gasteiger partial charge in [-0.05, 0) is 17.8 Å². The molecule has 2 heteroatoms. The van der Waals surface area contributed by atoms with Gasteiger partial charge in [0.15, 0.2) is 0 Å². The van der Waals surface area contributed by atoms with E-state index in [0.29, 0.717) is 18.8 Å². The highest BCUT2D eigenvalue weighted by atomic mass is 16.1. The molecular weight excluding hydrogens is 152 g/mol. The second kappa shape index (κ2) is 5.07. The van der Waals surface area contributed by atoms with Crippen molar-refractivity contribution in [3.05, 3.63) is 0 Å². The average molecular weight is 170 g/mol. The second-order valence-electron chi connectivity index (χ2n) is 4.21. The minimum absolute atomic E-state index is 0.129. The number of carbonyl (C=O) groups excluding carboxylic acids is 2. The van der Waals surface area contributed by atoms with Crippen molar-refractivity contribution in [2.24, 2.45) is 11.3 Å². The van der Waals surface area contributed by atoms with Gasteiger partial charge in [-0.1, -0.05) is 20.8 Å². The van der Waals surface area contributed by atoms with Crippen molar-refractivity contribution >= 4 is 12.6 Å². The van der Waals surface area contributed by atoms with Crippen molar-refractivity contribution in [2.75, 3.05) is 0 Å². The van der Waals surface area contributed by atoms with Crippen LogP contribution in [-0.2, 0) is 9.59 Å². The lowest BCUT2D eigenvalue weighted by molar-refractivity contribution is -0.111. The van der Waals surface area contributed by atoms with Crippen LogP contribution in [0.5, 0.6) is 0 Å². The monoisotopic (exact) mass is 170 g/mol. The Bertz CT molecular complexity index is 144. The first-order chi connectivity index (χ1) is 5.52. The Morgan fingerprint density at radius 1 is 1.17 bits per heavy atom. The van der Waals surface area contributed by atoms with Crippen LogP contribution >= 0.6 is 0 Å². The maximum atomic E-state index is 10.3. The molecule has 2 nitrogen and oxygen atoms in total. The number of hydrogen-bond acceptors (Lipinski definition) is 2. The van der Waals surface area contributed by atoms with E-state index in [4.69, 9.17) is 0 Å². The maximum Gasteiger partial charge on any atom is 0.120 e. The Kier molecular flexibility index (Phi) is 4.79. The number of carbonyl (C=O) groups is 2. The molecule has 0 amide bonds. The van der Waals surface area contributed by atoms with Crippen LogP contribution < -0.4 is 0 Å². The summed E-state index contributed by atoms with van der Waals surface area (Å²) in [4.78, 5) is 20.5. The van der Waals surface area contributed by atoms with Crippen molar-refractivity contribution in [3.8, 4) is 0 Å². The minimum Gasteiger partial charge on any atom is -0.303 e. The molecule has 0 rings (SSSR count). The lowest BCUT2D eigenvalue weighted by Crippen LogP contribution is -2.20. The number of hydrogen-bond donors (Lipinski definition) is 0. The van der Waals surface area contributed by atoms with Crippen LogP contribution in [0.25, 0.3) is 0 Å². The van der Waals surface area contributed by atoms with E-state index in [0.717, 1.165) is 19.0 Å². The minimum atomic E-state index is 0.129. The molecule has 0 bridgehead atoms. The zero-order valence-corrected chi connectivity index (χ0v) is 8.17. The molecule has 0 aromatic rings. The second-order valence-corrected chi connectivity index (χ2v) is 4.21. The van der Waals surface area contributed by atoms with Gasteiger partial charge in [-0.15, -0.1) is 0 Å². The molecule has 0 aliphatic heterocycles. The molecule has 0 fully saturated rings. The van der Waals surface area contributed by atoms with Gasteiger partial charge in [-0.25, -0.2) is 0 Å². The van der Waals surface area contributed by atoms with Crippen molar-refractivity contribution in [3.63, 3.8) is 0 Å². The Morgan fingerprint density at radius 2 is 1.75 bits per heavy atom. The summed E-state index contributed by atoms with van der Waals surface area (Å²) in [5, 5.41) is 0. The van der Waals surface area contributed by atoms with Crippen LogP contribution in [-0.4, -0.2) is 12.6 Å². The summed E-state index contributed by atoms with van der Waals surface area (Å²) in [7, 11) is 0. The van der Waals surface area contributed by atoms with E-state index in [2.05, 4.69) is 20.8 Å². The molecule has 1 unspecified atom stereocenters. The molecule has 12 heavy (non-hydrogen) atoms. The predicted octanol–water partition coefficient (Wildman–Crippen LogP) is 2.22. The highest BCUT2D eigenvalue weighted by Gasteiger charge is 2.23. The van der Waals surface area contributed by atoms with E-state index < -0.39 is 0 Å². The van der Waals surface area contributed by atoms with Crippen molar-refractivity contribution in [2.45, 2.75) is 40.0 Å². The third-order valence-corrected chi connectivity index (χ3v) is 2.24. The molecule has 1 atom stereocenters. The molecule has 0 radical (unpaired) electrons. The van der Waals surface area contributed by atoms with Crippen molar-refractivity contribution in [1.82, 2.24) is 0 Å². The highest BCUT2D eigenvalue weighted by molar-refractivity contribution is 5.51. The first kappa shape index (κ1) is 11.3. The summed E-state index contributed by atoms with van der Waals surface area (Å²) in [6.07, 6.45) is 3.82. The summed E-state index contributed by atoms with van der Waals surface area (Å²) in [6.45, 7) is 6.31. The third kappa shape index (κ3) is 4.27. The molecule has 0 saturated heterocycles. The van der Waals surface area contributed by atoms with Gasteiger partial charge in [0.2, 0.25) is 0 Å². The van der Waals surface area contributed by atoms with Gasteiger partial charge in [0.05, 0.1) is 0 Å². The molecule has 0 aliphatic carbocycles. The average Bonchev–Trinajstić information content (AvgIpc) is 1.95. The molecule has 70 valence electrons. The molecule has 0 heterocycles. The van der Waals surface area contributed by atoms with Crippen LogP contribution in [0.15, 0.2) is 0 Å². The van der Waals surface area contributed by atoms with Crippen LogP contribution in [0.2, 0.25) is 0 Å². The standard InChI is InChI=1S/C10H18O2/c1-10(2,3)9(6-8-12)5-4-7-11/h7-9H,4-6H2,1-3H3. The summed E-state index contributed by atoms with van der Waals surface area (Å²) >= 11 is 0. The highest BCUT2D eigenvalue weighted by Crippen LogP contribution is 2.31. The zero-order valence-electron chi connectivity index (χ0n) is 8.17. The predicted molar refractivity (Wildman–Crippen MR) is 48.9 cm³/mol. The molecule has 0 saturated carbocycles. The number of rotatable bonds is 5. The normalized spacial score (nSPS) is 13.9. The topological polar surface area (TPSA) is 34.1 Å². The van der Waals surface area contributed by atoms with Gasteiger partial charge >= 0.3 is 0 Å². The van der Waals surface area contributed by atoms with Crippen LogP contribution in [0.1, 0.15) is 40.0 Å². The van der Waals surface area contributed by atoms with Crippen LogP contribution in [0.3, 0.4) is 0 Å². The van der Waals surface area contributed by atoms with E-state index in [1.165, 1.54) is 0 Å². The summed E-state index contributed by atoms with van der Waals surface area (Å²) < 4.78 is 0. The van der Waals surface area contributed by atoms with E-state index >= 15 is 0 Å². The van der Waals surface area contributed by atoms with E-state index in [9.17, 15) is 9.59 Å². The molecule has 0 aliphatic rings. The molecule has 0 spiro atoms. The Balaban J connectivity index is 4.02. The summed E-state index contributed by atoms with van der Waals surface area (Å²) in [5.74, 6) is 0.334. The van der Waals surface area contributed by atoms with Crippen molar-refractivity contribution < 1.29 is 9.59 Å². The van der Waals surface area contributed by atoms with Gasteiger partial charge in [0.1, 0.15) is 12.6 Å². The fraction of sp³-hybridized carbons (Fsp3) is 0.800. The van der Waals surface area contributed by atoms with Crippen LogP contribution in [0, 0.1) is 11.3 Å². The molecule has 0 aromatic heterocycles. The SMILES string of the molecule is CC(C)(C)C(CC=O)CCC=O. The van der Waals surface area contributed by atoms with Crippen molar-refractivity contribution in [1.29, 1.82) is 0 Å². The van der Waals surface area contributed by atoms with Gasteiger partial charge < -0.3 is 9.59 Å². The fourth-order valence-electron chi connectivity index (χ4n) is 1.29. The first-order valence-electron chi connectivity index (χ1n) is 4.39. The van der Waals surface area contributed by atoms with Crippen LogP contribution in [0.4, 0.5) is 0 Å². The van der Waals surface area contributed by atoms with Gasteiger partial charge in [-0.3, -0.25) is 0 Å². The van der Waals surface area contributed by atoms with E-state index in [1.807, 2.05) is 0 Å². The summed E-state index contributed by atoms with van der Waals surface area (Å²) in [5.41, 5.74) is 0.129. The Morgan fingerprint density at radius 3 is 2.08 bits per heavy atom. The van der Waals surface area contributed by atoms with E-state index in [1.54, 1.807) is 0 Å². The van der Waals surface area contributed by atoms with E-state index in [-0.39, 0.29) is 5.41 Å². The van der Waals surface area contributed by atoms with Gasteiger partial charge in [0, 0.05) is 12.8 Å². The lowest BCUT2D eigenvalue weighted by Gasteiger charge is -2.28. The quantitative estimate of drug-likeness (QED) is 0.593. The lowest BCUT2D eigenvalue weighted by atomic mass is 9.76. The largest absolute Gasteiger partial charge is 0.303 e. The van der Waals surface area contributed by atoms with Gasteiger partial charge in [0.25, 0.3) is 0 Å². The Hall–Kier alpha value is -0.660. The zero-order chi connectivity index (χ0) is 9.61. The Labute approximate surface area is 74.3 Å². The molecular formula is C10H18O2. The van der Waals surface area contributed by atoms with Gasteiger partial charge in [-0.2, -0.15) is 0 Å². The molecule has 0 aromatic carbocycles. The third-order valence-electron chi connectivity index (χ3n) is 2.24. The molecule has 0 N–H and O–H groups in total. The summed E-state index contributed by atoms with van der Waals surface area (Å²) in [6, 6.07) is 0. The maximum absolute atomic E-state index is 10.3. The number of aldehydes is 2.